The summed E-state index contributed by atoms with van der Waals surface area (Å²) in [5.41, 5.74) is 0.648. The number of aliphatic hydroxyl groups excluding tert-OH is 1. The van der Waals surface area contributed by atoms with Crippen LogP contribution in [0.15, 0.2) is 18.3 Å². The van der Waals surface area contributed by atoms with Crippen LogP contribution in [-0.2, 0) is 10.0 Å². The van der Waals surface area contributed by atoms with Crippen LogP contribution < -0.4 is 4.72 Å². The Bertz CT molecular complexity index is 514. The zero-order valence-corrected chi connectivity index (χ0v) is 9.58. The molecule has 0 spiro atoms. The third-order valence-electron chi connectivity index (χ3n) is 1.52. The van der Waals surface area contributed by atoms with Crippen LogP contribution in [0.3, 0.4) is 0 Å². The molecule has 0 aliphatic rings. The quantitative estimate of drug-likeness (QED) is 0.739. The maximum absolute atomic E-state index is 11.0. The molecule has 0 unspecified atom stereocenters. The number of nitrogens with zero attached hydrogens (tertiary/aromatic N) is 1. The van der Waals surface area contributed by atoms with Crippen molar-refractivity contribution in [2.45, 2.75) is 6.42 Å². The first-order chi connectivity index (χ1) is 7.51. The van der Waals surface area contributed by atoms with E-state index in [0.29, 0.717) is 12.0 Å². The van der Waals surface area contributed by atoms with Gasteiger partial charge in [-0.2, -0.15) is 0 Å². The van der Waals surface area contributed by atoms with E-state index >= 15 is 0 Å². The highest BCUT2D eigenvalue weighted by Gasteiger charge is 2.02. The fourth-order valence-electron chi connectivity index (χ4n) is 0.975. The zero-order valence-electron chi connectivity index (χ0n) is 8.77. The predicted molar refractivity (Wildman–Crippen MR) is 61.3 cm³/mol. The van der Waals surface area contributed by atoms with Gasteiger partial charge in [0.2, 0.25) is 10.0 Å². The van der Waals surface area contributed by atoms with Crippen LogP contribution in [0.5, 0.6) is 0 Å². The average molecular weight is 240 g/mol. The number of sulfonamides is 1. The van der Waals surface area contributed by atoms with E-state index in [1.165, 1.54) is 12.3 Å². The molecule has 0 atom stereocenters. The van der Waals surface area contributed by atoms with Gasteiger partial charge in [0, 0.05) is 18.2 Å². The summed E-state index contributed by atoms with van der Waals surface area (Å²) in [7, 11) is -3.32. The second kappa shape index (κ2) is 5.49. The molecule has 0 saturated heterocycles. The first kappa shape index (κ1) is 12.5. The van der Waals surface area contributed by atoms with Gasteiger partial charge in [-0.15, -0.1) is 0 Å². The van der Waals surface area contributed by atoms with E-state index in [2.05, 4.69) is 21.5 Å². The number of rotatable bonds is 3. The largest absolute Gasteiger partial charge is 0.395 e. The van der Waals surface area contributed by atoms with Crippen LogP contribution in [0.1, 0.15) is 12.0 Å². The SMILES string of the molecule is CS(=O)(=O)Nc1cc(C#CCCO)ccn1. The molecule has 1 rings (SSSR count). The Labute approximate surface area is 94.6 Å². The van der Waals surface area contributed by atoms with Crippen LogP contribution in [0.4, 0.5) is 5.82 Å². The molecule has 6 heteroatoms. The zero-order chi connectivity index (χ0) is 12.0. The normalized spacial score (nSPS) is 10.4. The minimum atomic E-state index is -3.32. The molecule has 16 heavy (non-hydrogen) atoms. The first-order valence-electron chi connectivity index (χ1n) is 4.55. The van der Waals surface area contributed by atoms with Crippen molar-refractivity contribution in [3.63, 3.8) is 0 Å². The fraction of sp³-hybridized carbons (Fsp3) is 0.300. The predicted octanol–water partition coefficient (Wildman–Crippen LogP) is 0.187. The summed E-state index contributed by atoms with van der Waals surface area (Å²) in [5.74, 6) is 5.76. The van der Waals surface area contributed by atoms with Crippen molar-refractivity contribution in [1.29, 1.82) is 0 Å². The third kappa shape index (κ3) is 4.77. The Kier molecular flexibility index (Phi) is 4.28. The average Bonchev–Trinajstić information content (AvgIpc) is 2.16. The van der Waals surface area contributed by atoms with Gasteiger partial charge in [-0.1, -0.05) is 11.8 Å². The van der Waals surface area contributed by atoms with Crippen molar-refractivity contribution in [2.24, 2.45) is 0 Å². The van der Waals surface area contributed by atoms with E-state index in [9.17, 15) is 8.42 Å². The van der Waals surface area contributed by atoms with Crippen molar-refractivity contribution < 1.29 is 13.5 Å². The first-order valence-corrected chi connectivity index (χ1v) is 6.44. The van der Waals surface area contributed by atoms with Gasteiger partial charge in [-0.25, -0.2) is 13.4 Å². The van der Waals surface area contributed by atoms with Gasteiger partial charge in [-0.3, -0.25) is 4.72 Å². The van der Waals surface area contributed by atoms with Crippen molar-refractivity contribution >= 4 is 15.8 Å². The minimum Gasteiger partial charge on any atom is -0.395 e. The lowest BCUT2D eigenvalue weighted by atomic mass is 10.2. The molecule has 1 aromatic heterocycles. The molecule has 0 fully saturated rings. The van der Waals surface area contributed by atoms with Crippen LogP contribution in [0.25, 0.3) is 0 Å². The molecule has 0 radical (unpaired) electrons. The summed E-state index contributed by atoms with van der Waals surface area (Å²) < 4.78 is 24.2. The molecule has 5 nitrogen and oxygen atoms in total. The number of aliphatic hydroxyl groups is 1. The van der Waals surface area contributed by atoms with Gasteiger partial charge in [0.1, 0.15) is 5.82 Å². The molecule has 2 N–H and O–H groups in total. The summed E-state index contributed by atoms with van der Waals surface area (Å²) in [5, 5.41) is 8.55. The highest BCUT2D eigenvalue weighted by molar-refractivity contribution is 7.92. The molecule has 1 heterocycles. The molecule has 0 aliphatic carbocycles. The Morgan fingerprint density at radius 1 is 1.56 bits per heavy atom. The number of aromatic nitrogens is 1. The minimum absolute atomic E-state index is 0.00648. The maximum atomic E-state index is 11.0. The molecule has 0 saturated carbocycles. The van der Waals surface area contributed by atoms with Gasteiger partial charge < -0.3 is 5.11 Å². The van der Waals surface area contributed by atoms with Crippen molar-refractivity contribution in [3.8, 4) is 11.8 Å². The van der Waals surface area contributed by atoms with Crippen molar-refractivity contribution in [3.05, 3.63) is 23.9 Å². The van der Waals surface area contributed by atoms with E-state index in [1.807, 2.05) is 0 Å². The molecule has 0 amide bonds. The number of pyridine rings is 1. The Morgan fingerprint density at radius 2 is 2.31 bits per heavy atom. The third-order valence-corrected chi connectivity index (χ3v) is 2.10. The van der Waals surface area contributed by atoms with Crippen LogP contribution in [0, 0.1) is 11.8 Å². The van der Waals surface area contributed by atoms with Gasteiger partial charge in [0.15, 0.2) is 0 Å². The van der Waals surface area contributed by atoms with Crippen LogP contribution in [0.2, 0.25) is 0 Å². The molecule has 1 aromatic rings. The molecule has 0 bridgehead atoms. The van der Waals surface area contributed by atoms with E-state index < -0.39 is 10.0 Å². The number of nitrogens with one attached hydrogen (secondary N) is 1. The fourth-order valence-corrected chi connectivity index (χ4v) is 1.47. The lowest BCUT2D eigenvalue weighted by Crippen LogP contribution is -2.10. The van der Waals surface area contributed by atoms with Crippen molar-refractivity contribution in [1.82, 2.24) is 4.98 Å². The Balaban J connectivity index is 2.84. The lowest BCUT2D eigenvalue weighted by Gasteiger charge is -2.01. The standard InChI is InChI=1S/C10H12N2O3S/c1-16(14,15)12-10-8-9(5-6-11-10)4-2-3-7-13/h5-6,8,13H,3,7H2,1H3,(H,11,12). The summed E-state index contributed by atoms with van der Waals surface area (Å²) in [4.78, 5) is 3.85. The maximum Gasteiger partial charge on any atom is 0.230 e. The van der Waals surface area contributed by atoms with E-state index in [-0.39, 0.29) is 12.4 Å². The second-order valence-electron chi connectivity index (χ2n) is 3.08. The second-order valence-corrected chi connectivity index (χ2v) is 4.83. The van der Waals surface area contributed by atoms with Gasteiger partial charge in [-0.05, 0) is 12.1 Å². The van der Waals surface area contributed by atoms with E-state index in [1.54, 1.807) is 6.07 Å². The highest BCUT2D eigenvalue weighted by atomic mass is 32.2. The monoisotopic (exact) mass is 240 g/mol. The molecular weight excluding hydrogens is 228 g/mol. The number of hydrogen-bond donors (Lipinski definition) is 2. The summed E-state index contributed by atoms with van der Waals surface area (Å²) in [6, 6.07) is 3.20. The summed E-state index contributed by atoms with van der Waals surface area (Å²) >= 11 is 0. The van der Waals surface area contributed by atoms with Crippen LogP contribution >= 0.6 is 0 Å². The molecular formula is C10H12N2O3S. The Hall–Kier alpha value is -1.58. The molecule has 0 aromatic carbocycles. The van der Waals surface area contributed by atoms with E-state index in [0.717, 1.165) is 6.26 Å². The highest BCUT2D eigenvalue weighted by Crippen LogP contribution is 2.06. The van der Waals surface area contributed by atoms with Gasteiger partial charge >= 0.3 is 0 Å². The van der Waals surface area contributed by atoms with Gasteiger partial charge in [0.05, 0.1) is 12.9 Å². The summed E-state index contributed by atoms with van der Waals surface area (Å²) in [6.07, 6.45) is 2.91. The molecule has 0 aliphatic heterocycles. The number of hydrogen-bond acceptors (Lipinski definition) is 4. The van der Waals surface area contributed by atoms with Gasteiger partial charge in [0.25, 0.3) is 0 Å². The number of anilines is 1. The smallest absolute Gasteiger partial charge is 0.230 e. The Morgan fingerprint density at radius 3 is 2.94 bits per heavy atom. The molecule has 86 valence electrons. The van der Waals surface area contributed by atoms with E-state index in [4.69, 9.17) is 5.11 Å². The lowest BCUT2D eigenvalue weighted by molar-refractivity contribution is 0.305. The van der Waals surface area contributed by atoms with Crippen LogP contribution in [-0.4, -0.2) is 31.4 Å². The van der Waals surface area contributed by atoms with Crippen molar-refractivity contribution in [2.75, 3.05) is 17.6 Å². The topological polar surface area (TPSA) is 79.3 Å². The summed E-state index contributed by atoms with van der Waals surface area (Å²) in [6.45, 7) is 0.00648.